The van der Waals surface area contributed by atoms with Gasteiger partial charge in [0.15, 0.2) is 6.10 Å². The van der Waals surface area contributed by atoms with Crippen LogP contribution in [0.25, 0.3) is 10.8 Å². The predicted molar refractivity (Wildman–Crippen MR) is 104 cm³/mol. The third-order valence-corrected chi connectivity index (χ3v) is 4.97. The molecular weight excluding hydrogens is 360 g/mol. The van der Waals surface area contributed by atoms with Gasteiger partial charge in [0.25, 0.3) is 0 Å². The molecule has 0 aromatic heterocycles. The summed E-state index contributed by atoms with van der Waals surface area (Å²) in [5.41, 5.74) is 1.74. The molecule has 0 fully saturated rings. The molecule has 6 nitrogen and oxygen atoms in total. The maximum atomic E-state index is 12.6. The first-order valence-corrected chi connectivity index (χ1v) is 8.73. The van der Waals surface area contributed by atoms with Gasteiger partial charge in [-0.25, -0.2) is 4.79 Å². The Balaban J connectivity index is 2.00. The summed E-state index contributed by atoms with van der Waals surface area (Å²) in [4.78, 5) is 12.6. The van der Waals surface area contributed by atoms with Crippen molar-refractivity contribution in [2.24, 2.45) is 0 Å². The van der Waals surface area contributed by atoms with Crippen molar-refractivity contribution in [3.63, 3.8) is 0 Å². The summed E-state index contributed by atoms with van der Waals surface area (Å²) >= 11 is 0. The summed E-state index contributed by atoms with van der Waals surface area (Å²) in [7, 11) is 6.29. The van der Waals surface area contributed by atoms with Crippen molar-refractivity contribution < 1.29 is 28.5 Å². The molecule has 28 heavy (non-hydrogen) atoms. The predicted octanol–water partition coefficient (Wildman–Crippen LogP) is 4.13. The maximum Gasteiger partial charge on any atom is 0.339 e. The normalized spacial score (nSPS) is 15.1. The number of hydrogen-bond acceptors (Lipinski definition) is 6. The molecule has 1 atom stereocenters. The van der Waals surface area contributed by atoms with Gasteiger partial charge in [0.2, 0.25) is 0 Å². The van der Waals surface area contributed by atoms with Gasteiger partial charge in [-0.15, -0.1) is 0 Å². The Morgan fingerprint density at radius 2 is 1.54 bits per heavy atom. The molecule has 0 saturated carbocycles. The lowest BCUT2D eigenvalue weighted by Crippen LogP contribution is -2.06. The number of esters is 1. The summed E-state index contributed by atoms with van der Waals surface area (Å²) < 4.78 is 27.9. The van der Waals surface area contributed by atoms with E-state index in [-0.39, 0.29) is 0 Å². The van der Waals surface area contributed by atoms with Crippen LogP contribution in [0.4, 0.5) is 0 Å². The van der Waals surface area contributed by atoms with E-state index < -0.39 is 12.1 Å². The van der Waals surface area contributed by atoms with E-state index >= 15 is 0 Å². The zero-order chi connectivity index (χ0) is 19.8. The van der Waals surface area contributed by atoms with Crippen LogP contribution in [-0.2, 0) is 4.74 Å². The fourth-order valence-corrected chi connectivity index (χ4v) is 3.70. The molecule has 6 heteroatoms. The Labute approximate surface area is 162 Å². The average Bonchev–Trinajstić information content (AvgIpc) is 3.08. The van der Waals surface area contributed by atoms with Gasteiger partial charge in [0, 0.05) is 22.4 Å². The van der Waals surface area contributed by atoms with Crippen LogP contribution >= 0.6 is 0 Å². The Morgan fingerprint density at radius 1 is 0.821 bits per heavy atom. The van der Waals surface area contributed by atoms with Gasteiger partial charge in [-0.2, -0.15) is 0 Å². The highest BCUT2D eigenvalue weighted by atomic mass is 16.6. The molecule has 1 heterocycles. The minimum atomic E-state index is -0.684. The number of benzene rings is 3. The second kappa shape index (κ2) is 6.96. The highest BCUT2D eigenvalue weighted by Gasteiger charge is 2.38. The molecule has 144 valence electrons. The molecule has 0 aliphatic carbocycles. The average molecular weight is 380 g/mol. The molecule has 1 aliphatic rings. The van der Waals surface area contributed by atoms with Crippen LogP contribution in [0.15, 0.2) is 42.5 Å². The minimum absolute atomic E-state index is 0.412. The lowest BCUT2D eigenvalue weighted by molar-refractivity contribution is 0.0450. The SMILES string of the molecule is COc1cc(OC)c2c(c1)C(=O)OC2c1cc(OC)c2ccccc2c1OC. The third-order valence-electron chi connectivity index (χ3n) is 4.97. The van der Waals surface area contributed by atoms with Crippen molar-refractivity contribution >= 4 is 16.7 Å². The standard InChI is InChI=1S/C22H20O6/c1-24-12-9-15-19(18(10-12)26-3)21(28-22(15)23)16-11-17(25-2)13-7-5-6-8-14(13)20(16)27-4/h5-11,21H,1-4H3. The van der Waals surface area contributed by atoms with Gasteiger partial charge in [0.1, 0.15) is 23.0 Å². The number of ether oxygens (including phenoxy) is 5. The highest BCUT2D eigenvalue weighted by Crippen LogP contribution is 2.49. The van der Waals surface area contributed by atoms with Crippen LogP contribution in [0, 0.1) is 0 Å². The van der Waals surface area contributed by atoms with Crippen molar-refractivity contribution in [2.75, 3.05) is 28.4 Å². The Morgan fingerprint density at radius 3 is 2.18 bits per heavy atom. The maximum absolute atomic E-state index is 12.6. The van der Waals surface area contributed by atoms with Crippen LogP contribution in [0.2, 0.25) is 0 Å². The lowest BCUT2D eigenvalue weighted by atomic mass is 9.94. The molecule has 0 radical (unpaired) electrons. The quantitative estimate of drug-likeness (QED) is 0.620. The topological polar surface area (TPSA) is 63.2 Å². The largest absolute Gasteiger partial charge is 0.497 e. The van der Waals surface area contributed by atoms with E-state index in [0.29, 0.717) is 39.7 Å². The van der Waals surface area contributed by atoms with Crippen molar-refractivity contribution in [3.05, 3.63) is 59.2 Å². The van der Waals surface area contributed by atoms with Gasteiger partial charge < -0.3 is 23.7 Å². The zero-order valence-electron chi connectivity index (χ0n) is 16.1. The van der Waals surface area contributed by atoms with Crippen molar-refractivity contribution in [1.29, 1.82) is 0 Å². The fourth-order valence-electron chi connectivity index (χ4n) is 3.70. The summed E-state index contributed by atoms with van der Waals surface area (Å²) in [6, 6.07) is 13.0. The first-order chi connectivity index (χ1) is 13.6. The molecule has 1 aliphatic heterocycles. The molecular formula is C22H20O6. The molecule has 0 amide bonds. The molecule has 0 saturated heterocycles. The molecule has 0 bridgehead atoms. The van der Waals surface area contributed by atoms with Crippen LogP contribution in [-0.4, -0.2) is 34.4 Å². The van der Waals surface area contributed by atoms with E-state index in [1.54, 1.807) is 33.5 Å². The van der Waals surface area contributed by atoms with E-state index in [1.165, 1.54) is 7.11 Å². The van der Waals surface area contributed by atoms with E-state index in [4.69, 9.17) is 23.7 Å². The van der Waals surface area contributed by atoms with Crippen LogP contribution in [0.1, 0.15) is 27.6 Å². The summed E-state index contributed by atoms with van der Waals surface area (Å²) in [6.07, 6.45) is -0.684. The Hall–Kier alpha value is -3.41. The second-order valence-corrected chi connectivity index (χ2v) is 6.32. The molecule has 4 rings (SSSR count). The number of carbonyl (C=O) groups is 1. The van der Waals surface area contributed by atoms with Gasteiger partial charge in [0.05, 0.1) is 39.6 Å². The monoisotopic (exact) mass is 380 g/mol. The van der Waals surface area contributed by atoms with Gasteiger partial charge >= 0.3 is 5.97 Å². The number of carbonyl (C=O) groups excluding carboxylic acids is 1. The van der Waals surface area contributed by atoms with Crippen LogP contribution in [0.5, 0.6) is 23.0 Å². The van der Waals surface area contributed by atoms with Crippen LogP contribution < -0.4 is 18.9 Å². The smallest absolute Gasteiger partial charge is 0.339 e. The Bertz CT molecular complexity index is 1070. The number of rotatable bonds is 5. The highest BCUT2D eigenvalue weighted by molar-refractivity contribution is 5.98. The van der Waals surface area contributed by atoms with Crippen LogP contribution in [0.3, 0.4) is 0 Å². The van der Waals surface area contributed by atoms with E-state index in [2.05, 4.69) is 0 Å². The molecule has 0 N–H and O–H groups in total. The van der Waals surface area contributed by atoms with E-state index in [1.807, 2.05) is 30.3 Å². The summed E-state index contributed by atoms with van der Waals surface area (Å²) in [6.45, 7) is 0. The first-order valence-electron chi connectivity index (χ1n) is 8.73. The van der Waals surface area contributed by atoms with Gasteiger partial charge in [-0.1, -0.05) is 24.3 Å². The number of fused-ring (bicyclic) bond motifs is 2. The van der Waals surface area contributed by atoms with E-state index in [9.17, 15) is 4.79 Å². The Kier molecular flexibility index (Phi) is 4.47. The van der Waals surface area contributed by atoms with Gasteiger partial charge in [-0.05, 0) is 12.1 Å². The van der Waals surface area contributed by atoms with Crippen molar-refractivity contribution in [2.45, 2.75) is 6.10 Å². The summed E-state index contributed by atoms with van der Waals surface area (Å²) in [5.74, 6) is 1.89. The number of methoxy groups -OCH3 is 4. The summed E-state index contributed by atoms with van der Waals surface area (Å²) in [5, 5.41) is 1.79. The fraction of sp³-hybridized carbons (Fsp3) is 0.227. The molecule has 3 aromatic carbocycles. The second-order valence-electron chi connectivity index (χ2n) is 6.32. The number of cyclic esters (lactones) is 1. The number of hydrogen-bond donors (Lipinski definition) is 0. The first kappa shape index (κ1) is 18.0. The molecule has 1 unspecified atom stereocenters. The van der Waals surface area contributed by atoms with Crippen molar-refractivity contribution in [1.82, 2.24) is 0 Å². The molecule has 0 spiro atoms. The van der Waals surface area contributed by atoms with Gasteiger partial charge in [-0.3, -0.25) is 0 Å². The van der Waals surface area contributed by atoms with E-state index in [0.717, 1.165) is 10.8 Å². The minimum Gasteiger partial charge on any atom is -0.497 e. The lowest BCUT2D eigenvalue weighted by Gasteiger charge is -2.20. The molecule has 3 aromatic rings. The third kappa shape index (κ3) is 2.60. The van der Waals surface area contributed by atoms with Crippen molar-refractivity contribution in [3.8, 4) is 23.0 Å². The zero-order valence-corrected chi connectivity index (χ0v) is 16.1.